The lowest BCUT2D eigenvalue weighted by molar-refractivity contribution is -0.0828. The first-order valence-electron chi connectivity index (χ1n) is 9.31. The number of aliphatic hydroxyl groups excluding tert-OH is 1. The molecule has 1 atom stereocenters. The van der Waals surface area contributed by atoms with Crippen LogP contribution in [0.25, 0.3) is 0 Å². The lowest BCUT2D eigenvalue weighted by Crippen LogP contribution is -2.44. The number of ether oxygens (including phenoxy) is 2. The number of rotatable bonds is 10. The summed E-state index contributed by atoms with van der Waals surface area (Å²) in [5.74, 6) is 1.91. The van der Waals surface area contributed by atoms with Gasteiger partial charge < -0.3 is 25.2 Å². The molecule has 0 aromatic heterocycles. The predicted octanol–water partition coefficient (Wildman–Crippen LogP) is 2.40. The maximum absolute atomic E-state index is 9.26. The van der Waals surface area contributed by atoms with Gasteiger partial charge >= 0.3 is 0 Å². The van der Waals surface area contributed by atoms with E-state index in [1.54, 1.807) is 7.11 Å². The topological polar surface area (TPSA) is 75.1 Å². The summed E-state index contributed by atoms with van der Waals surface area (Å²) in [6.45, 7) is 10.5. The number of guanidine groups is 1. The van der Waals surface area contributed by atoms with E-state index < -0.39 is 0 Å². The Morgan fingerprint density at radius 3 is 2.48 bits per heavy atom. The molecule has 1 unspecified atom stereocenters. The van der Waals surface area contributed by atoms with E-state index in [4.69, 9.17) is 14.5 Å². The van der Waals surface area contributed by atoms with Crippen molar-refractivity contribution in [1.29, 1.82) is 0 Å². The zero-order valence-corrected chi connectivity index (χ0v) is 18.7. The van der Waals surface area contributed by atoms with Crippen LogP contribution in [0.1, 0.15) is 46.5 Å². The third kappa shape index (κ3) is 9.96. The highest BCUT2D eigenvalue weighted by Crippen LogP contribution is 2.24. The first-order chi connectivity index (χ1) is 11.5. The largest absolute Gasteiger partial charge is 0.396 e. The number of methoxy groups -OCH3 is 1. The van der Waals surface area contributed by atoms with Gasteiger partial charge in [0.05, 0.1) is 12.1 Å². The lowest BCUT2D eigenvalue weighted by atomic mass is 9.94. The van der Waals surface area contributed by atoms with E-state index >= 15 is 0 Å². The van der Waals surface area contributed by atoms with Gasteiger partial charge in [0.2, 0.25) is 0 Å². The van der Waals surface area contributed by atoms with Crippen LogP contribution in [0.2, 0.25) is 0 Å². The Bertz CT molecular complexity index is 361. The van der Waals surface area contributed by atoms with E-state index in [-0.39, 0.29) is 36.2 Å². The molecule has 0 saturated carbocycles. The molecule has 1 aliphatic heterocycles. The fourth-order valence-corrected chi connectivity index (χ4v) is 3.13. The number of nitrogens with zero attached hydrogens (tertiary/aromatic N) is 1. The maximum Gasteiger partial charge on any atom is 0.191 e. The molecule has 3 N–H and O–H groups in total. The maximum atomic E-state index is 9.26. The summed E-state index contributed by atoms with van der Waals surface area (Å²) in [5, 5.41) is 16.0. The smallest absolute Gasteiger partial charge is 0.191 e. The molecule has 0 aromatic rings. The Labute approximate surface area is 170 Å². The van der Waals surface area contributed by atoms with Crippen molar-refractivity contribution >= 4 is 29.9 Å². The minimum Gasteiger partial charge on any atom is -0.396 e. The minimum absolute atomic E-state index is 0. The molecule has 0 aliphatic carbocycles. The molecule has 1 aliphatic rings. The van der Waals surface area contributed by atoms with Crippen molar-refractivity contribution in [3.05, 3.63) is 0 Å². The second kappa shape index (κ2) is 14.0. The summed E-state index contributed by atoms with van der Waals surface area (Å²) >= 11 is 0. The number of nitrogens with one attached hydrogen (secondary N) is 2. The van der Waals surface area contributed by atoms with Gasteiger partial charge in [-0.25, -0.2) is 0 Å². The fourth-order valence-electron chi connectivity index (χ4n) is 3.13. The number of aliphatic imine (C=N–C) groups is 1. The van der Waals surface area contributed by atoms with E-state index in [9.17, 15) is 5.11 Å². The zero-order chi connectivity index (χ0) is 17.8. The first-order valence-corrected chi connectivity index (χ1v) is 9.31. The van der Waals surface area contributed by atoms with Gasteiger partial charge in [0.25, 0.3) is 0 Å². The van der Waals surface area contributed by atoms with Crippen molar-refractivity contribution in [2.45, 2.75) is 52.1 Å². The second-order valence-electron chi connectivity index (χ2n) is 7.08. The van der Waals surface area contributed by atoms with E-state index in [2.05, 4.69) is 31.4 Å². The first kappa shape index (κ1) is 24.9. The molecule has 0 bridgehead atoms. The Kier molecular flexibility index (Phi) is 13.9. The van der Waals surface area contributed by atoms with Crippen LogP contribution in [0.5, 0.6) is 0 Å². The molecular formula is C18H38IN3O3. The van der Waals surface area contributed by atoms with Gasteiger partial charge in [-0.1, -0.05) is 13.8 Å². The third-order valence-corrected chi connectivity index (χ3v) is 4.61. The highest BCUT2D eigenvalue weighted by molar-refractivity contribution is 14.0. The molecule has 7 heteroatoms. The van der Waals surface area contributed by atoms with Gasteiger partial charge in [-0.2, -0.15) is 0 Å². The van der Waals surface area contributed by atoms with E-state index in [0.717, 1.165) is 57.9 Å². The van der Waals surface area contributed by atoms with Crippen LogP contribution in [0.4, 0.5) is 0 Å². The second-order valence-corrected chi connectivity index (χ2v) is 7.08. The quantitative estimate of drug-likeness (QED) is 0.259. The molecule has 1 fully saturated rings. The summed E-state index contributed by atoms with van der Waals surface area (Å²) in [6, 6.07) is 0. The van der Waals surface area contributed by atoms with Crippen molar-refractivity contribution in [2.75, 3.05) is 46.6 Å². The number of halogens is 1. The average Bonchev–Trinajstić information content (AvgIpc) is 2.57. The van der Waals surface area contributed by atoms with Gasteiger partial charge in [0, 0.05) is 52.9 Å². The molecule has 25 heavy (non-hydrogen) atoms. The monoisotopic (exact) mass is 471 g/mol. The highest BCUT2D eigenvalue weighted by atomic mass is 127. The van der Waals surface area contributed by atoms with E-state index in [1.165, 1.54) is 0 Å². The van der Waals surface area contributed by atoms with Crippen molar-refractivity contribution in [3.63, 3.8) is 0 Å². The molecule has 1 rings (SSSR count). The van der Waals surface area contributed by atoms with Crippen molar-refractivity contribution < 1.29 is 14.6 Å². The molecule has 0 spiro atoms. The summed E-state index contributed by atoms with van der Waals surface area (Å²) < 4.78 is 11.2. The summed E-state index contributed by atoms with van der Waals surface area (Å²) in [4.78, 5) is 4.74. The van der Waals surface area contributed by atoms with Gasteiger partial charge in [0.15, 0.2) is 5.96 Å². The SMILES string of the molecule is CCNC(=NCC1(OC)CCOCC1)NCC(CCO)CC(C)C.I. The van der Waals surface area contributed by atoms with Crippen LogP contribution in [-0.4, -0.2) is 63.2 Å². The molecule has 0 amide bonds. The fraction of sp³-hybridized carbons (Fsp3) is 0.944. The standard InChI is InChI=1S/C18H37N3O3.HI/c1-5-19-17(20-13-16(6-9-22)12-15(2)3)21-14-18(23-4)7-10-24-11-8-18;/h15-16,22H,5-14H2,1-4H3,(H2,19,20,21);1H. The van der Waals surface area contributed by atoms with E-state index in [0.29, 0.717) is 18.4 Å². The summed E-state index contributed by atoms with van der Waals surface area (Å²) in [7, 11) is 1.76. The average molecular weight is 471 g/mol. The Hall–Kier alpha value is -0.120. The van der Waals surface area contributed by atoms with Crippen LogP contribution >= 0.6 is 24.0 Å². The highest BCUT2D eigenvalue weighted by Gasteiger charge is 2.32. The summed E-state index contributed by atoms with van der Waals surface area (Å²) in [6.07, 6.45) is 3.69. The van der Waals surface area contributed by atoms with Crippen molar-refractivity contribution in [1.82, 2.24) is 10.6 Å². The van der Waals surface area contributed by atoms with Gasteiger partial charge in [0.1, 0.15) is 0 Å². The molecule has 1 saturated heterocycles. The Balaban J connectivity index is 0.00000576. The van der Waals surface area contributed by atoms with Crippen molar-refractivity contribution in [2.24, 2.45) is 16.8 Å². The zero-order valence-electron chi connectivity index (χ0n) is 16.3. The summed E-state index contributed by atoms with van der Waals surface area (Å²) in [5.41, 5.74) is -0.205. The molecule has 0 radical (unpaired) electrons. The Morgan fingerprint density at radius 1 is 1.28 bits per heavy atom. The molecule has 0 aromatic carbocycles. The van der Waals surface area contributed by atoms with E-state index in [1.807, 2.05) is 0 Å². The molecule has 1 heterocycles. The van der Waals surface area contributed by atoms with Crippen LogP contribution < -0.4 is 10.6 Å². The van der Waals surface area contributed by atoms with Gasteiger partial charge in [-0.15, -0.1) is 24.0 Å². The molecule has 150 valence electrons. The third-order valence-electron chi connectivity index (χ3n) is 4.61. The number of hydrogen-bond acceptors (Lipinski definition) is 4. The number of hydrogen-bond donors (Lipinski definition) is 3. The van der Waals surface area contributed by atoms with Crippen LogP contribution in [0.3, 0.4) is 0 Å². The lowest BCUT2D eigenvalue weighted by Gasteiger charge is -2.34. The van der Waals surface area contributed by atoms with Gasteiger partial charge in [-0.3, -0.25) is 4.99 Å². The Morgan fingerprint density at radius 2 is 1.96 bits per heavy atom. The van der Waals surface area contributed by atoms with Crippen LogP contribution in [0.15, 0.2) is 4.99 Å². The van der Waals surface area contributed by atoms with Crippen molar-refractivity contribution in [3.8, 4) is 0 Å². The normalized spacial score (nSPS) is 18.6. The predicted molar refractivity (Wildman–Crippen MR) is 114 cm³/mol. The number of aliphatic hydroxyl groups is 1. The van der Waals surface area contributed by atoms with Gasteiger partial charge in [-0.05, 0) is 31.6 Å². The minimum atomic E-state index is -0.205. The van der Waals surface area contributed by atoms with Crippen LogP contribution in [0, 0.1) is 11.8 Å². The molecule has 6 nitrogen and oxygen atoms in total. The van der Waals surface area contributed by atoms with Crippen LogP contribution in [-0.2, 0) is 9.47 Å². The molecular weight excluding hydrogens is 433 g/mol.